The number of aliphatic hydroxyl groups is 5. The van der Waals surface area contributed by atoms with Crippen LogP contribution in [0.5, 0.6) is 0 Å². The molecule has 0 aromatic heterocycles. The summed E-state index contributed by atoms with van der Waals surface area (Å²) in [7, 11) is 0. The van der Waals surface area contributed by atoms with Gasteiger partial charge in [-0.1, -0.05) is 178 Å². The standard InChI is InChI=1S/C49H89NO8/c1-3-5-7-9-11-13-15-16-17-18-19-20-21-22-23-24-25-26-27-29-31-33-35-37-39-45(53)50-42(41-57-49-48(56)47(55)46(54)44(40-51)58-49)43(52)38-36-34-32-30-28-14-12-10-8-6-4-2/h8,10,22-23,28,30,36,38,42-44,46-49,51-52,54-56H,3-7,9,11-21,24-27,29,31-35,37,39-41H2,1-2H3,(H,50,53)/b10-8+,23-22-,30-28+,38-36+. The minimum atomic E-state index is -1.57. The van der Waals surface area contributed by atoms with Crippen molar-refractivity contribution >= 4 is 5.91 Å². The van der Waals surface area contributed by atoms with Crippen molar-refractivity contribution in [1.82, 2.24) is 5.32 Å². The first-order chi connectivity index (χ1) is 28.3. The van der Waals surface area contributed by atoms with Crippen LogP contribution in [0.15, 0.2) is 48.6 Å². The van der Waals surface area contributed by atoms with E-state index in [0.717, 1.165) is 57.8 Å². The lowest BCUT2D eigenvalue weighted by Crippen LogP contribution is -2.60. The Hall–Kier alpha value is -1.85. The maximum Gasteiger partial charge on any atom is 0.220 e. The number of hydrogen-bond acceptors (Lipinski definition) is 8. The molecule has 1 fully saturated rings. The molecular weight excluding hydrogens is 731 g/mol. The second kappa shape index (κ2) is 39.3. The summed E-state index contributed by atoms with van der Waals surface area (Å²) in [6.45, 7) is 3.67. The van der Waals surface area contributed by atoms with E-state index in [0.29, 0.717) is 6.42 Å². The molecule has 0 spiro atoms. The number of unbranched alkanes of at least 4 members (excludes halogenated alkanes) is 23. The summed E-state index contributed by atoms with van der Waals surface area (Å²) < 4.78 is 11.2. The van der Waals surface area contributed by atoms with Gasteiger partial charge >= 0.3 is 0 Å². The predicted molar refractivity (Wildman–Crippen MR) is 239 cm³/mol. The first-order valence-electron chi connectivity index (χ1n) is 23.9. The van der Waals surface area contributed by atoms with Crippen LogP contribution in [-0.4, -0.2) is 87.5 Å². The molecule has 1 aliphatic rings. The Bertz CT molecular complexity index is 1050. The van der Waals surface area contributed by atoms with Crippen LogP contribution >= 0.6 is 0 Å². The average molecular weight is 820 g/mol. The molecule has 0 aromatic carbocycles. The quantitative estimate of drug-likeness (QED) is 0.0265. The fourth-order valence-electron chi connectivity index (χ4n) is 7.25. The maximum absolute atomic E-state index is 12.9. The number of carbonyl (C=O) groups excluding carboxylic acids is 1. The van der Waals surface area contributed by atoms with Crippen molar-refractivity contribution in [2.45, 2.75) is 243 Å². The lowest BCUT2D eigenvalue weighted by Gasteiger charge is -2.40. The number of nitrogens with one attached hydrogen (secondary N) is 1. The lowest BCUT2D eigenvalue weighted by molar-refractivity contribution is -0.302. The Morgan fingerprint density at radius 1 is 0.569 bits per heavy atom. The van der Waals surface area contributed by atoms with Gasteiger partial charge in [-0.3, -0.25) is 4.79 Å². The summed E-state index contributed by atoms with van der Waals surface area (Å²) in [6.07, 6.45) is 43.2. The number of rotatable bonds is 39. The molecular formula is C49H89NO8. The monoisotopic (exact) mass is 820 g/mol. The van der Waals surface area contributed by atoms with E-state index in [1.807, 2.05) is 6.08 Å². The third kappa shape index (κ3) is 29.4. The van der Waals surface area contributed by atoms with Gasteiger partial charge in [0.25, 0.3) is 0 Å². The largest absolute Gasteiger partial charge is 0.394 e. The van der Waals surface area contributed by atoms with Crippen LogP contribution in [0.25, 0.3) is 0 Å². The van der Waals surface area contributed by atoms with E-state index in [1.165, 1.54) is 122 Å². The SMILES string of the molecule is CCC/C=C/CC/C=C/CC/C=C/C(O)C(COC1OC(CO)C(O)C(O)C1O)NC(=O)CCCCCCCCCC/C=C\CCCCCCCCCCCCCC. The van der Waals surface area contributed by atoms with E-state index in [4.69, 9.17) is 9.47 Å². The first-order valence-corrected chi connectivity index (χ1v) is 23.9. The summed E-state index contributed by atoms with van der Waals surface area (Å²) in [5.41, 5.74) is 0. The highest BCUT2D eigenvalue weighted by Crippen LogP contribution is 2.22. The van der Waals surface area contributed by atoms with Gasteiger partial charge in [0.15, 0.2) is 6.29 Å². The van der Waals surface area contributed by atoms with Crippen LogP contribution in [-0.2, 0) is 14.3 Å². The van der Waals surface area contributed by atoms with Crippen molar-refractivity contribution in [3.63, 3.8) is 0 Å². The van der Waals surface area contributed by atoms with Gasteiger partial charge in [-0.25, -0.2) is 0 Å². The normalized spacial score (nSPS) is 21.3. The van der Waals surface area contributed by atoms with Gasteiger partial charge < -0.3 is 40.3 Å². The molecule has 0 aliphatic carbocycles. The maximum atomic E-state index is 12.9. The summed E-state index contributed by atoms with van der Waals surface area (Å²) in [5.74, 6) is -0.197. The zero-order valence-electron chi connectivity index (χ0n) is 37.0. The van der Waals surface area contributed by atoms with E-state index in [2.05, 4.69) is 55.6 Å². The van der Waals surface area contributed by atoms with Crippen LogP contribution in [0.1, 0.15) is 200 Å². The van der Waals surface area contributed by atoms with Gasteiger partial charge in [0.1, 0.15) is 24.4 Å². The molecule has 0 bridgehead atoms. The third-order valence-corrected chi connectivity index (χ3v) is 11.1. The van der Waals surface area contributed by atoms with Gasteiger partial charge in [-0.15, -0.1) is 0 Å². The highest BCUT2D eigenvalue weighted by atomic mass is 16.7. The fourth-order valence-corrected chi connectivity index (χ4v) is 7.25. The van der Waals surface area contributed by atoms with E-state index in [-0.39, 0.29) is 12.5 Å². The Balaban J connectivity index is 2.26. The molecule has 1 heterocycles. The molecule has 6 N–H and O–H groups in total. The molecule has 1 aliphatic heterocycles. The number of ether oxygens (including phenoxy) is 2. The molecule has 1 saturated heterocycles. The van der Waals surface area contributed by atoms with Crippen molar-refractivity contribution in [1.29, 1.82) is 0 Å². The minimum Gasteiger partial charge on any atom is -0.394 e. The van der Waals surface area contributed by atoms with Gasteiger partial charge in [0.05, 0.1) is 25.4 Å². The van der Waals surface area contributed by atoms with Gasteiger partial charge in [0, 0.05) is 6.42 Å². The van der Waals surface area contributed by atoms with E-state index >= 15 is 0 Å². The van der Waals surface area contributed by atoms with Crippen LogP contribution in [0.2, 0.25) is 0 Å². The molecule has 9 heteroatoms. The Labute approximate surface area is 354 Å². The average Bonchev–Trinajstić information content (AvgIpc) is 3.22. The molecule has 1 amide bonds. The van der Waals surface area contributed by atoms with E-state index < -0.39 is 49.5 Å². The van der Waals surface area contributed by atoms with Gasteiger partial charge in [-0.2, -0.15) is 0 Å². The van der Waals surface area contributed by atoms with Gasteiger partial charge in [0.2, 0.25) is 5.91 Å². The summed E-state index contributed by atoms with van der Waals surface area (Å²) in [6, 6.07) is -0.828. The zero-order valence-corrected chi connectivity index (χ0v) is 37.0. The minimum absolute atomic E-state index is 0.197. The van der Waals surface area contributed by atoms with E-state index in [1.54, 1.807) is 6.08 Å². The van der Waals surface area contributed by atoms with Crippen molar-refractivity contribution in [2.24, 2.45) is 0 Å². The van der Waals surface area contributed by atoms with Crippen LogP contribution in [0.4, 0.5) is 0 Å². The number of amides is 1. The first kappa shape index (κ1) is 54.2. The van der Waals surface area contributed by atoms with Crippen LogP contribution in [0, 0.1) is 0 Å². The van der Waals surface area contributed by atoms with E-state index in [9.17, 15) is 30.3 Å². The Morgan fingerprint density at radius 3 is 1.52 bits per heavy atom. The van der Waals surface area contributed by atoms with Crippen LogP contribution < -0.4 is 5.32 Å². The topological polar surface area (TPSA) is 149 Å². The highest BCUT2D eigenvalue weighted by Gasteiger charge is 2.44. The van der Waals surface area contributed by atoms with Crippen molar-refractivity contribution in [3.05, 3.63) is 48.6 Å². The summed E-state index contributed by atoms with van der Waals surface area (Å²) in [4.78, 5) is 12.9. The molecule has 338 valence electrons. The van der Waals surface area contributed by atoms with Crippen LogP contribution in [0.3, 0.4) is 0 Å². The number of hydrogen-bond donors (Lipinski definition) is 6. The Morgan fingerprint density at radius 2 is 1.02 bits per heavy atom. The third-order valence-electron chi connectivity index (χ3n) is 11.1. The molecule has 7 unspecified atom stereocenters. The molecule has 7 atom stereocenters. The predicted octanol–water partition coefficient (Wildman–Crippen LogP) is 10.2. The van der Waals surface area contributed by atoms with Crippen molar-refractivity contribution < 1.29 is 39.8 Å². The molecule has 0 saturated carbocycles. The molecule has 1 rings (SSSR count). The summed E-state index contributed by atoms with van der Waals surface area (Å²) >= 11 is 0. The summed E-state index contributed by atoms with van der Waals surface area (Å²) in [5, 5.41) is 54.1. The number of allylic oxidation sites excluding steroid dienone is 7. The molecule has 0 aromatic rings. The van der Waals surface area contributed by atoms with Crippen molar-refractivity contribution in [3.8, 4) is 0 Å². The lowest BCUT2D eigenvalue weighted by atomic mass is 9.99. The van der Waals surface area contributed by atoms with Crippen molar-refractivity contribution in [2.75, 3.05) is 13.2 Å². The molecule has 0 radical (unpaired) electrons. The number of aliphatic hydroxyl groups excluding tert-OH is 5. The fraction of sp³-hybridized carbons (Fsp3) is 0.816. The molecule has 9 nitrogen and oxygen atoms in total. The second-order valence-corrected chi connectivity index (χ2v) is 16.5. The van der Waals surface area contributed by atoms with Gasteiger partial charge in [-0.05, 0) is 64.2 Å². The highest BCUT2D eigenvalue weighted by molar-refractivity contribution is 5.76. The second-order valence-electron chi connectivity index (χ2n) is 16.5. The molecule has 58 heavy (non-hydrogen) atoms. The Kier molecular flexibility index (Phi) is 36.7. The number of carbonyl (C=O) groups is 1. The smallest absolute Gasteiger partial charge is 0.220 e. The zero-order chi connectivity index (χ0) is 42.3.